The van der Waals surface area contributed by atoms with Crippen LogP contribution in [-0.4, -0.2) is 38.4 Å². The highest BCUT2D eigenvalue weighted by molar-refractivity contribution is 7.08. The zero-order chi connectivity index (χ0) is 19.9. The van der Waals surface area contributed by atoms with E-state index in [1.165, 1.54) is 0 Å². The van der Waals surface area contributed by atoms with Crippen molar-refractivity contribution in [1.82, 2.24) is 24.6 Å². The highest BCUT2D eigenvalue weighted by atomic mass is 35.5. The van der Waals surface area contributed by atoms with Gasteiger partial charge in [0.25, 0.3) is 11.8 Å². The van der Waals surface area contributed by atoms with Crippen molar-refractivity contribution in [3.63, 3.8) is 0 Å². The molecular formula is C19H20ClN5O2S. The Morgan fingerprint density at radius 2 is 2.18 bits per heavy atom. The summed E-state index contributed by atoms with van der Waals surface area (Å²) >= 11 is 6.86. The van der Waals surface area contributed by atoms with Crippen molar-refractivity contribution in [1.29, 1.82) is 0 Å². The van der Waals surface area contributed by atoms with Crippen LogP contribution in [0.1, 0.15) is 40.3 Å². The Labute approximate surface area is 171 Å². The quantitative estimate of drug-likeness (QED) is 0.667. The molecule has 0 aliphatic heterocycles. The second-order valence-corrected chi connectivity index (χ2v) is 8.78. The van der Waals surface area contributed by atoms with E-state index in [0.29, 0.717) is 22.1 Å². The van der Waals surface area contributed by atoms with E-state index in [9.17, 15) is 9.59 Å². The minimum atomic E-state index is -0.167. The van der Waals surface area contributed by atoms with Crippen LogP contribution in [0, 0.1) is 11.3 Å². The lowest BCUT2D eigenvalue weighted by Crippen LogP contribution is -2.60. The lowest BCUT2D eigenvalue weighted by atomic mass is 9.58. The van der Waals surface area contributed by atoms with Gasteiger partial charge in [-0.3, -0.25) is 9.59 Å². The molecule has 3 heterocycles. The van der Waals surface area contributed by atoms with E-state index >= 15 is 0 Å². The minimum absolute atomic E-state index is 0.0444. The molecule has 7 nitrogen and oxygen atoms in total. The molecule has 2 unspecified atom stereocenters. The van der Waals surface area contributed by atoms with Crippen LogP contribution in [0.3, 0.4) is 0 Å². The zero-order valence-electron chi connectivity index (χ0n) is 15.5. The second kappa shape index (κ2) is 7.18. The molecule has 1 aliphatic rings. The summed E-state index contributed by atoms with van der Waals surface area (Å²) in [4.78, 5) is 25.4. The molecule has 0 spiro atoms. The van der Waals surface area contributed by atoms with E-state index in [0.717, 1.165) is 23.5 Å². The van der Waals surface area contributed by atoms with Gasteiger partial charge in [0, 0.05) is 24.8 Å². The molecule has 1 fully saturated rings. The van der Waals surface area contributed by atoms with Crippen LogP contribution in [0.25, 0.3) is 5.52 Å². The third kappa shape index (κ3) is 3.38. The van der Waals surface area contributed by atoms with Gasteiger partial charge in [0.2, 0.25) is 0 Å². The molecule has 4 rings (SSSR count). The fourth-order valence-electron chi connectivity index (χ4n) is 3.65. The molecule has 0 radical (unpaired) electrons. The summed E-state index contributed by atoms with van der Waals surface area (Å²) in [5.41, 5.74) is 1.26. The summed E-state index contributed by atoms with van der Waals surface area (Å²) in [7, 11) is 0. The lowest BCUT2D eigenvalue weighted by Gasteiger charge is -2.52. The Kier molecular flexibility index (Phi) is 4.84. The van der Waals surface area contributed by atoms with Crippen LogP contribution in [0.2, 0.25) is 5.15 Å². The highest BCUT2D eigenvalue weighted by Crippen LogP contribution is 2.46. The van der Waals surface area contributed by atoms with Crippen LogP contribution in [0.15, 0.2) is 36.7 Å². The van der Waals surface area contributed by atoms with Crippen molar-refractivity contribution in [3.05, 3.63) is 52.3 Å². The van der Waals surface area contributed by atoms with Gasteiger partial charge in [-0.2, -0.15) is 9.47 Å². The van der Waals surface area contributed by atoms with Gasteiger partial charge in [0.05, 0.1) is 17.3 Å². The first-order valence-corrected chi connectivity index (χ1v) is 10.1. The van der Waals surface area contributed by atoms with Crippen molar-refractivity contribution >= 4 is 40.5 Å². The van der Waals surface area contributed by atoms with Gasteiger partial charge in [-0.05, 0) is 47.5 Å². The smallest absolute Gasteiger partial charge is 0.263 e. The van der Waals surface area contributed by atoms with Crippen LogP contribution < -0.4 is 10.6 Å². The fraction of sp³-hybridized carbons (Fsp3) is 0.368. The van der Waals surface area contributed by atoms with Gasteiger partial charge in [-0.25, -0.2) is 4.52 Å². The predicted molar refractivity (Wildman–Crippen MR) is 108 cm³/mol. The van der Waals surface area contributed by atoms with Crippen LogP contribution >= 0.6 is 23.1 Å². The Hall–Kier alpha value is -2.45. The van der Waals surface area contributed by atoms with Gasteiger partial charge in [-0.15, -0.1) is 0 Å². The largest absolute Gasteiger partial charge is 0.351 e. The fourth-order valence-corrected chi connectivity index (χ4v) is 4.49. The van der Waals surface area contributed by atoms with Crippen molar-refractivity contribution in [3.8, 4) is 0 Å². The molecule has 0 aromatic carbocycles. The molecule has 2 atom stereocenters. The monoisotopic (exact) mass is 417 g/mol. The molecule has 0 bridgehead atoms. The molecule has 28 heavy (non-hydrogen) atoms. The van der Waals surface area contributed by atoms with Crippen molar-refractivity contribution in [2.24, 2.45) is 11.3 Å². The Bertz CT molecular complexity index is 1040. The maximum Gasteiger partial charge on any atom is 0.263 e. The predicted octanol–water partition coefficient (Wildman–Crippen LogP) is 3.02. The first kappa shape index (κ1) is 18.9. The van der Waals surface area contributed by atoms with Crippen molar-refractivity contribution < 1.29 is 9.59 Å². The topological polar surface area (TPSA) is 88.4 Å². The van der Waals surface area contributed by atoms with E-state index in [4.69, 9.17) is 11.6 Å². The molecule has 3 aromatic heterocycles. The normalized spacial score (nSPS) is 20.5. The third-order valence-electron chi connectivity index (χ3n) is 5.67. The number of carbonyl (C=O) groups is 2. The summed E-state index contributed by atoms with van der Waals surface area (Å²) in [6.45, 7) is 4.77. The molecule has 2 N–H and O–H groups in total. The molecule has 0 saturated heterocycles. The van der Waals surface area contributed by atoms with Gasteiger partial charge in [0.1, 0.15) is 10.0 Å². The molecule has 3 aromatic rings. The molecule has 2 amide bonds. The maximum atomic E-state index is 12.8. The zero-order valence-corrected chi connectivity index (χ0v) is 17.0. The number of rotatable bonds is 5. The summed E-state index contributed by atoms with van der Waals surface area (Å²) in [5, 5.41) is 10.6. The van der Waals surface area contributed by atoms with Gasteiger partial charge < -0.3 is 10.6 Å². The van der Waals surface area contributed by atoms with Gasteiger partial charge in [-0.1, -0.05) is 25.4 Å². The molecular weight excluding hydrogens is 398 g/mol. The lowest BCUT2D eigenvalue weighted by molar-refractivity contribution is 0.0150. The summed E-state index contributed by atoms with van der Waals surface area (Å²) < 4.78 is 5.60. The highest BCUT2D eigenvalue weighted by Gasteiger charge is 2.48. The third-order valence-corrected chi connectivity index (χ3v) is 6.75. The minimum Gasteiger partial charge on any atom is -0.351 e. The number of aromatic nitrogens is 3. The Morgan fingerprint density at radius 1 is 1.36 bits per heavy atom. The number of fused-ring (bicyclic) bond motifs is 1. The Balaban J connectivity index is 1.35. The average molecular weight is 418 g/mol. The number of hydrogen-bond acceptors (Lipinski definition) is 5. The van der Waals surface area contributed by atoms with E-state index in [-0.39, 0.29) is 29.2 Å². The van der Waals surface area contributed by atoms with Crippen LogP contribution in [-0.2, 0) is 0 Å². The number of carbonyl (C=O) groups excluding carboxylic acids is 2. The van der Waals surface area contributed by atoms with E-state index in [1.807, 2.05) is 18.3 Å². The first-order valence-electron chi connectivity index (χ1n) is 9.00. The van der Waals surface area contributed by atoms with Crippen LogP contribution in [0.4, 0.5) is 0 Å². The average Bonchev–Trinajstić information content (AvgIpc) is 3.32. The van der Waals surface area contributed by atoms with E-state index < -0.39 is 0 Å². The Morgan fingerprint density at radius 3 is 2.89 bits per heavy atom. The van der Waals surface area contributed by atoms with Crippen molar-refractivity contribution in [2.45, 2.75) is 26.3 Å². The SMILES string of the molecule is CC1(C)C(CNC(=O)c2cc(Cl)ns2)CC1NC(=O)c1cccn2nccc12. The van der Waals surface area contributed by atoms with Crippen molar-refractivity contribution in [2.75, 3.05) is 6.54 Å². The molecule has 1 aliphatic carbocycles. The molecule has 9 heteroatoms. The standard InChI is InChI=1S/C19H20ClN5O2S/c1-19(2)11(10-21-18(27)14-9-16(20)24-28-14)8-15(19)23-17(26)12-4-3-7-25-13(12)5-6-22-25/h3-7,9,11,15H,8,10H2,1-2H3,(H,21,27)(H,23,26). The summed E-state index contributed by atoms with van der Waals surface area (Å²) in [5.74, 6) is 0.00182. The summed E-state index contributed by atoms with van der Waals surface area (Å²) in [6.07, 6.45) is 4.30. The summed E-state index contributed by atoms with van der Waals surface area (Å²) in [6, 6.07) is 7.04. The first-order chi connectivity index (χ1) is 13.4. The number of pyridine rings is 1. The van der Waals surface area contributed by atoms with Gasteiger partial charge >= 0.3 is 0 Å². The number of nitrogens with one attached hydrogen (secondary N) is 2. The van der Waals surface area contributed by atoms with E-state index in [2.05, 4.69) is 34.0 Å². The molecule has 1 saturated carbocycles. The number of amides is 2. The number of halogens is 1. The number of nitrogens with zero attached hydrogens (tertiary/aromatic N) is 3. The second-order valence-electron chi connectivity index (χ2n) is 7.59. The maximum absolute atomic E-state index is 12.8. The van der Waals surface area contributed by atoms with Gasteiger partial charge in [0.15, 0.2) is 0 Å². The molecule has 146 valence electrons. The van der Waals surface area contributed by atoms with Crippen LogP contribution in [0.5, 0.6) is 0 Å². The van der Waals surface area contributed by atoms with E-state index in [1.54, 1.807) is 22.8 Å². The number of hydrogen-bond donors (Lipinski definition) is 2.